The first-order chi connectivity index (χ1) is 18.1. The first-order valence-corrected chi connectivity index (χ1v) is 12.2. The van der Waals surface area contributed by atoms with Gasteiger partial charge >= 0.3 is 0 Å². The fourth-order valence-corrected chi connectivity index (χ4v) is 4.32. The number of para-hydroxylation sites is 1. The summed E-state index contributed by atoms with van der Waals surface area (Å²) in [4.78, 5) is 34.0. The van der Waals surface area contributed by atoms with E-state index in [1.165, 1.54) is 0 Å². The van der Waals surface area contributed by atoms with Crippen LogP contribution in [0.1, 0.15) is 6.42 Å². The second kappa shape index (κ2) is 11.0. The molecule has 2 aliphatic heterocycles. The van der Waals surface area contributed by atoms with E-state index in [0.717, 1.165) is 43.4 Å². The zero-order valence-corrected chi connectivity index (χ0v) is 20.6. The molecule has 3 aromatic carbocycles. The molecule has 0 bridgehead atoms. The smallest absolute Gasteiger partial charge is 0.252 e. The number of ether oxygens (including phenoxy) is 2. The Morgan fingerprint density at radius 3 is 2.19 bits per heavy atom. The first kappa shape index (κ1) is 24.2. The van der Waals surface area contributed by atoms with Crippen molar-refractivity contribution in [3.05, 3.63) is 78.9 Å². The fourth-order valence-electron chi connectivity index (χ4n) is 4.32. The number of benzene rings is 3. The standard InChI is InChI=1S/C28H29N5O4/c1-36-22-13-9-21(10-14-22)32-15-17-33(18-16-32)28-30-25(27(35)31-28)19-26(34)29-20-7-11-24(12-8-20)37-23-5-3-2-4-6-23/h2-14,25H,15-19H2,1H3,(H,29,34)(H,30,31,35). The van der Waals surface area contributed by atoms with Gasteiger partial charge in [0, 0.05) is 37.6 Å². The van der Waals surface area contributed by atoms with Crippen molar-refractivity contribution in [2.24, 2.45) is 4.99 Å². The molecule has 0 radical (unpaired) electrons. The highest BCUT2D eigenvalue weighted by atomic mass is 16.5. The maximum Gasteiger partial charge on any atom is 0.252 e. The summed E-state index contributed by atoms with van der Waals surface area (Å²) in [7, 11) is 1.65. The van der Waals surface area contributed by atoms with E-state index in [0.29, 0.717) is 17.4 Å². The zero-order chi connectivity index (χ0) is 25.6. The molecule has 1 atom stereocenters. The van der Waals surface area contributed by atoms with Crippen LogP contribution in [0.5, 0.6) is 17.2 Å². The molecular weight excluding hydrogens is 470 g/mol. The van der Waals surface area contributed by atoms with E-state index in [9.17, 15) is 9.59 Å². The van der Waals surface area contributed by atoms with Gasteiger partial charge in [-0.2, -0.15) is 0 Å². The van der Waals surface area contributed by atoms with Crippen LogP contribution < -0.4 is 25.0 Å². The molecule has 9 nitrogen and oxygen atoms in total. The number of aliphatic imine (C=N–C) groups is 1. The van der Waals surface area contributed by atoms with Crippen molar-refractivity contribution in [3.8, 4) is 17.2 Å². The number of anilines is 2. The average molecular weight is 500 g/mol. The number of carbonyl (C=O) groups is 2. The molecule has 5 rings (SSSR count). The number of guanidine groups is 1. The molecule has 2 N–H and O–H groups in total. The van der Waals surface area contributed by atoms with Crippen molar-refractivity contribution in [3.63, 3.8) is 0 Å². The molecule has 37 heavy (non-hydrogen) atoms. The van der Waals surface area contributed by atoms with Crippen molar-refractivity contribution in [1.29, 1.82) is 0 Å². The number of carbonyl (C=O) groups excluding carboxylic acids is 2. The van der Waals surface area contributed by atoms with Gasteiger partial charge in [0.1, 0.15) is 23.3 Å². The topological polar surface area (TPSA) is 95.5 Å². The SMILES string of the molecule is COc1ccc(N2CCN(C3=NC(CC(=O)Nc4ccc(Oc5ccccc5)cc4)C(=O)N3)CC2)cc1. The summed E-state index contributed by atoms with van der Waals surface area (Å²) < 4.78 is 11.0. The molecule has 190 valence electrons. The number of hydrogen-bond donors (Lipinski definition) is 2. The molecule has 3 aromatic rings. The lowest BCUT2D eigenvalue weighted by Crippen LogP contribution is -2.52. The van der Waals surface area contributed by atoms with Crippen molar-refractivity contribution in [2.45, 2.75) is 12.5 Å². The lowest BCUT2D eigenvalue weighted by atomic mass is 10.2. The van der Waals surface area contributed by atoms with E-state index in [-0.39, 0.29) is 18.2 Å². The highest BCUT2D eigenvalue weighted by Gasteiger charge is 2.32. The van der Waals surface area contributed by atoms with Crippen LogP contribution in [0.15, 0.2) is 83.9 Å². The van der Waals surface area contributed by atoms with Crippen molar-refractivity contribution in [1.82, 2.24) is 10.2 Å². The summed E-state index contributed by atoms with van der Waals surface area (Å²) in [5, 5.41) is 5.68. The summed E-state index contributed by atoms with van der Waals surface area (Å²) in [6.07, 6.45) is -0.0244. The largest absolute Gasteiger partial charge is 0.497 e. The fraction of sp³-hybridized carbons (Fsp3) is 0.250. The van der Waals surface area contributed by atoms with Gasteiger partial charge in [-0.3, -0.25) is 14.9 Å². The molecule has 0 aromatic heterocycles. The summed E-state index contributed by atoms with van der Waals surface area (Å²) in [5.41, 5.74) is 1.76. The number of methoxy groups -OCH3 is 1. The minimum Gasteiger partial charge on any atom is -0.497 e. The van der Waals surface area contributed by atoms with Gasteiger partial charge in [-0.25, -0.2) is 4.99 Å². The molecule has 2 heterocycles. The van der Waals surface area contributed by atoms with Crippen LogP contribution >= 0.6 is 0 Å². The van der Waals surface area contributed by atoms with Gasteiger partial charge in [0.2, 0.25) is 11.9 Å². The Morgan fingerprint density at radius 1 is 0.892 bits per heavy atom. The van der Waals surface area contributed by atoms with Gasteiger partial charge in [-0.1, -0.05) is 18.2 Å². The van der Waals surface area contributed by atoms with Gasteiger partial charge in [-0.15, -0.1) is 0 Å². The van der Waals surface area contributed by atoms with Crippen LogP contribution in [0, 0.1) is 0 Å². The molecular formula is C28H29N5O4. The molecule has 2 aliphatic rings. The minimum atomic E-state index is -0.740. The normalized spacial score (nSPS) is 17.2. The minimum absolute atomic E-state index is 0.0244. The molecule has 1 fully saturated rings. The Kier molecular flexibility index (Phi) is 7.21. The van der Waals surface area contributed by atoms with Crippen molar-refractivity contribution < 1.29 is 19.1 Å². The average Bonchev–Trinajstić information content (AvgIpc) is 3.30. The summed E-state index contributed by atoms with van der Waals surface area (Å²) in [6.45, 7) is 3.05. The Morgan fingerprint density at radius 2 is 1.51 bits per heavy atom. The predicted octanol–water partition coefficient (Wildman–Crippen LogP) is 3.49. The van der Waals surface area contributed by atoms with Crippen LogP contribution in [0.3, 0.4) is 0 Å². The summed E-state index contributed by atoms with van der Waals surface area (Å²) in [5.74, 6) is 2.25. The van der Waals surface area contributed by atoms with Crippen LogP contribution in [0.25, 0.3) is 0 Å². The molecule has 9 heteroatoms. The molecule has 1 unspecified atom stereocenters. The van der Waals surface area contributed by atoms with E-state index in [4.69, 9.17) is 9.47 Å². The Labute approximate surface area is 215 Å². The Hall–Kier alpha value is -4.53. The van der Waals surface area contributed by atoms with Crippen LogP contribution in [0.4, 0.5) is 11.4 Å². The van der Waals surface area contributed by atoms with E-state index in [1.54, 1.807) is 31.4 Å². The van der Waals surface area contributed by atoms with Gasteiger partial charge in [0.15, 0.2) is 0 Å². The molecule has 1 saturated heterocycles. The van der Waals surface area contributed by atoms with E-state index >= 15 is 0 Å². The third-order valence-corrected chi connectivity index (χ3v) is 6.33. The maximum absolute atomic E-state index is 12.6. The second-order valence-electron chi connectivity index (χ2n) is 8.82. The van der Waals surface area contributed by atoms with Gasteiger partial charge in [-0.05, 0) is 60.7 Å². The van der Waals surface area contributed by atoms with E-state index < -0.39 is 6.04 Å². The number of hydrogen-bond acceptors (Lipinski definition) is 7. The zero-order valence-electron chi connectivity index (χ0n) is 20.6. The number of nitrogens with one attached hydrogen (secondary N) is 2. The number of amides is 2. The molecule has 0 spiro atoms. The van der Waals surface area contributed by atoms with E-state index in [2.05, 4.69) is 25.4 Å². The lowest BCUT2D eigenvalue weighted by Gasteiger charge is -2.36. The quantitative estimate of drug-likeness (QED) is 0.517. The third-order valence-electron chi connectivity index (χ3n) is 6.33. The Bertz CT molecular complexity index is 1250. The van der Waals surface area contributed by atoms with E-state index in [1.807, 2.05) is 54.6 Å². The lowest BCUT2D eigenvalue weighted by molar-refractivity contribution is -0.123. The molecule has 0 aliphatic carbocycles. The van der Waals surface area contributed by atoms with Gasteiger partial charge in [0.25, 0.3) is 5.91 Å². The number of rotatable bonds is 7. The predicted molar refractivity (Wildman–Crippen MR) is 142 cm³/mol. The van der Waals surface area contributed by atoms with Crippen molar-refractivity contribution in [2.75, 3.05) is 43.5 Å². The van der Waals surface area contributed by atoms with Crippen LogP contribution in [-0.2, 0) is 9.59 Å². The molecule has 2 amide bonds. The van der Waals surface area contributed by atoms with Gasteiger partial charge in [0.05, 0.1) is 13.5 Å². The number of nitrogens with zero attached hydrogens (tertiary/aromatic N) is 3. The highest BCUT2D eigenvalue weighted by Crippen LogP contribution is 2.23. The van der Waals surface area contributed by atoms with Crippen LogP contribution in [-0.4, -0.2) is 62.0 Å². The van der Waals surface area contributed by atoms with Crippen molar-refractivity contribution >= 4 is 29.1 Å². The third kappa shape index (κ3) is 6.00. The number of piperazine rings is 1. The summed E-state index contributed by atoms with van der Waals surface area (Å²) in [6, 6.07) is 23.8. The Balaban J connectivity index is 1.11. The van der Waals surface area contributed by atoms with Gasteiger partial charge < -0.3 is 24.6 Å². The summed E-state index contributed by atoms with van der Waals surface area (Å²) >= 11 is 0. The highest BCUT2D eigenvalue weighted by molar-refractivity contribution is 6.07. The first-order valence-electron chi connectivity index (χ1n) is 12.2. The van der Waals surface area contributed by atoms with Crippen LogP contribution in [0.2, 0.25) is 0 Å². The molecule has 0 saturated carbocycles. The second-order valence-corrected chi connectivity index (χ2v) is 8.82. The maximum atomic E-state index is 12.6. The monoisotopic (exact) mass is 499 g/mol.